The van der Waals surface area contributed by atoms with Crippen LogP contribution in [-0.2, 0) is 0 Å². The van der Waals surface area contributed by atoms with Gasteiger partial charge in [0.25, 0.3) is 0 Å². The van der Waals surface area contributed by atoms with E-state index in [1.54, 1.807) is 27.2 Å². The maximum Gasteiger partial charge on any atom is 0.174 e. The van der Waals surface area contributed by atoms with Gasteiger partial charge < -0.3 is 10.4 Å². The Morgan fingerprint density at radius 3 is 2.77 bits per heavy atom. The van der Waals surface area contributed by atoms with Gasteiger partial charge in [-0.05, 0) is 51.8 Å². The van der Waals surface area contributed by atoms with Crippen molar-refractivity contribution >= 4 is 37.7 Å². The lowest BCUT2D eigenvalue weighted by Gasteiger charge is -2.21. The Morgan fingerprint density at radius 2 is 2.00 bits per heavy atom. The number of nitrogens with one attached hydrogen (secondary N) is 1. The van der Waals surface area contributed by atoms with Crippen LogP contribution in [0.2, 0.25) is 0 Å². The summed E-state index contributed by atoms with van der Waals surface area (Å²) in [6, 6.07) is 2.28. The van der Waals surface area contributed by atoms with Crippen LogP contribution in [0.5, 0.6) is 5.75 Å². The highest BCUT2D eigenvalue weighted by Crippen LogP contribution is 2.42. The van der Waals surface area contributed by atoms with Crippen molar-refractivity contribution in [1.82, 2.24) is 24.9 Å². The standard InChI is InChI=1S/C18H19N5OS2/c1-9-8-23-15(10(2)20-9)16(24)14(22-23)18-21-17-13(26-18)7-12(25-17)11-3-5-19-6-4-11/h7-8,11,19,24H,3-6H2,1-2H3. The van der Waals surface area contributed by atoms with Crippen molar-refractivity contribution in [2.24, 2.45) is 0 Å². The quantitative estimate of drug-likeness (QED) is 0.548. The smallest absolute Gasteiger partial charge is 0.174 e. The summed E-state index contributed by atoms with van der Waals surface area (Å²) in [5.74, 6) is 0.807. The summed E-state index contributed by atoms with van der Waals surface area (Å²) in [4.78, 5) is 11.7. The summed E-state index contributed by atoms with van der Waals surface area (Å²) in [6.07, 6.45) is 4.22. The van der Waals surface area contributed by atoms with Crippen LogP contribution in [-0.4, -0.2) is 37.8 Å². The summed E-state index contributed by atoms with van der Waals surface area (Å²) >= 11 is 3.38. The van der Waals surface area contributed by atoms with Crippen molar-refractivity contribution in [1.29, 1.82) is 0 Å². The Bertz CT molecular complexity index is 1090. The maximum atomic E-state index is 10.7. The second-order valence-electron chi connectivity index (χ2n) is 6.82. The monoisotopic (exact) mass is 385 g/mol. The molecule has 4 aromatic rings. The number of hydrogen-bond acceptors (Lipinski definition) is 7. The summed E-state index contributed by atoms with van der Waals surface area (Å²) in [7, 11) is 0. The number of fused-ring (bicyclic) bond motifs is 2. The van der Waals surface area contributed by atoms with Crippen molar-refractivity contribution in [2.75, 3.05) is 13.1 Å². The van der Waals surface area contributed by atoms with E-state index >= 15 is 0 Å². The summed E-state index contributed by atoms with van der Waals surface area (Å²) in [6.45, 7) is 6.00. The van der Waals surface area contributed by atoms with E-state index in [-0.39, 0.29) is 5.75 Å². The van der Waals surface area contributed by atoms with Crippen LogP contribution in [0.15, 0.2) is 12.3 Å². The van der Waals surface area contributed by atoms with Crippen molar-refractivity contribution < 1.29 is 5.11 Å². The van der Waals surface area contributed by atoms with Gasteiger partial charge in [0.1, 0.15) is 15.4 Å². The molecular weight excluding hydrogens is 366 g/mol. The third-order valence-corrected chi connectivity index (χ3v) is 7.26. The zero-order valence-corrected chi connectivity index (χ0v) is 16.2. The van der Waals surface area contributed by atoms with Crippen molar-refractivity contribution in [2.45, 2.75) is 32.6 Å². The zero-order valence-electron chi connectivity index (χ0n) is 14.6. The van der Waals surface area contributed by atoms with Crippen LogP contribution in [0.25, 0.3) is 25.7 Å². The number of thiazole rings is 1. The molecular formula is C18H19N5OS2. The molecule has 134 valence electrons. The van der Waals surface area contributed by atoms with Gasteiger partial charge in [-0.2, -0.15) is 5.10 Å². The second-order valence-corrected chi connectivity index (χ2v) is 8.91. The number of hydrogen-bond donors (Lipinski definition) is 2. The molecule has 26 heavy (non-hydrogen) atoms. The molecule has 0 bridgehead atoms. The molecule has 5 rings (SSSR count). The zero-order chi connectivity index (χ0) is 17.8. The molecule has 0 amide bonds. The molecule has 0 aliphatic carbocycles. The minimum absolute atomic E-state index is 0.162. The number of aromatic nitrogens is 4. The summed E-state index contributed by atoms with van der Waals surface area (Å²) in [5.41, 5.74) is 2.83. The first-order valence-electron chi connectivity index (χ1n) is 8.77. The average molecular weight is 386 g/mol. The molecule has 0 saturated carbocycles. The maximum absolute atomic E-state index is 10.7. The number of nitrogens with zero attached hydrogens (tertiary/aromatic N) is 4. The van der Waals surface area contributed by atoms with Crippen molar-refractivity contribution in [3.8, 4) is 16.5 Å². The van der Waals surface area contributed by atoms with E-state index < -0.39 is 0 Å². The molecule has 0 aromatic carbocycles. The molecule has 1 saturated heterocycles. The molecule has 0 unspecified atom stereocenters. The fourth-order valence-corrected chi connectivity index (χ4v) is 6.06. The number of thiophene rings is 1. The fraction of sp³-hybridized carbons (Fsp3) is 0.389. The van der Waals surface area contributed by atoms with Crippen molar-refractivity contribution in [3.05, 3.63) is 28.5 Å². The Balaban J connectivity index is 1.57. The molecule has 1 aliphatic rings. The topological polar surface area (TPSA) is 75.3 Å². The number of aromatic hydroxyl groups is 1. The Kier molecular flexibility index (Phi) is 3.73. The molecule has 8 heteroatoms. The lowest BCUT2D eigenvalue weighted by Crippen LogP contribution is -2.26. The first-order valence-corrected chi connectivity index (χ1v) is 10.4. The number of aryl methyl sites for hydroxylation is 2. The van der Waals surface area contributed by atoms with Gasteiger partial charge in [-0.3, -0.25) is 4.98 Å². The van der Waals surface area contributed by atoms with E-state index in [9.17, 15) is 5.11 Å². The van der Waals surface area contributed by atoms with Crippen LogP contribution in [0.3, 0.4) is 0 Å². The van der Waals surface area contributed by atoms with E-state index in [4.69, 9.17) is 4.98 Å². The number of rotatable bonds is 2. The molecule has 0 atom stereocenters. The van der Waals surface area contributed by atoms with Crippen LogP contribution in [0.4, 0.5) is 0 Å². The molecule has 6 nitrogen and oxygen atoms in total. The SMILES string of the molecule is Cc1cn2nc(-c3nc4sc(C5CCNCC5)cc4s3)c(O)c2c(C)n1. The van der Waals surface area contributed by atoms with Gasteiger partial charge >= 0.3 is 0 Å². The Morgan fingerprint density at radius 1 is 1.19 bits per heavy atom. The molecule has 1 fully saturated rings. The Hall–Kier alpha value is -2.03. The molecule has 1 aliphatic heterocycles. The lowest BCUT2D eigenvalue weighted by atomic mass is 9.97. The van der Waals surface area contributed by atoms with E-state index in [0.717, 1.165) is 34.3 Å². The van der Waals surface area contributed by atoms with Crippen molar-refractivity contribution in [3.63, 3.8) is 0 Å². The highest BCUT2D eigenvalue weighted by molar-refractivity contribution is 7.28. The normalized spacial score (nSPS) is 16.1. The van der Waals surface area contributed by atoms with E-state index in [2.05, 4.69) is 21.5 Å². The van der Waals surface area contributed by atoms with Gasteiger partial charge in [0, 0.05) is 4.88 Å². The largest absolute Gasteiger partial charge is 0.504 e. The summed E-state index contributed by atoms with van der Waals surface area (Å²) in [5, 5.41) is 19.4. The first kappa shape index (κ1) is 16.2. The minimum Gasteiger partial charge on any atom is -0.504 e. The molecule has 2 N–H and O–H groups in total. The highest BCUT2D eigenvalue weighted by atomic mass is 32.1. The summed E-state index contributed by atoms with van der Waals surface area (Å²) < 4.78 is 2.89. The lowest BCUT2D eigenvalue weighted by molar-refractivity contribution is 0.465. The predicted molar refractivity (Wildman–Crippen MR) is 105 cm³/mol. The Labute approximate surface area is 158 Å². The first-order chi connectivity index (χ1) is 12.6. The van der Waals surface area contributed by atoms with Crippen LogP contribution < -0.4 is 5.32 Å². The predicted octanol–water partition coefficient (Wildman–Crippen LogP) is 3.86. The van der Waals surface area contributed by atoms with Crippen LogP contribution in [0.1, 0.15) is 35.0 Å². The minimum atomic E-state index is 0.162. The molecule has 0 radical (unpaired) electrons. The average Bonchev–Trinajstić information content (AvgIpc) is 3.26. The second kappa shape index (κ2) is 6.00. The number of piperidine rings is 1. The molecule has 5 heterocycles. The van der Waals surface area contributed by atoms with Crippen LogP contribution >= 0.6 is 22.7 Å². The fourth-order valence-electron chi connectivity index (χ4n) is 3.69. The molecule has 4 aromatic heterocycles. The van der Waals surface area contributed by atoms with E-state index in [0.29, 0.717) is 17.1 Å². The van der Waals surface area contributed by atoms with E-state index in [1.807, 2.05) is 20.0 Å². The van der Waals surface area contributed by atoms with Gasteiger partial charge in [0.15, 0.2) is 11.4 Å². The van der Waals surface area contributed by atoms with Gasteiger partial charge in [-0.25, -0.2) is 9.50 Å². The van der Waals surface area contributed by atoms with Gasteiger partial charge in [-0.1, -0.05) is 0 Å². The van der Waals surface area contributed by atoms with Gasteiger partial charge in [0.05, 0.1) is 22.3 Å². The highest BCUT2D eigenvalue weighted by Gasteiger charge is 2.22. The van der Waals surface area contributed by atoms with Gasteiger partial charge in [-0.15, -0.1) is 22.7 Å². The van der Waals surface area contributed by atoms with Crippen LogP contribution in [0, 0.1) is 13.8 Å². The third-order valence-electron chi connectivity index (χ3n) is 4.93. The van der Waals surface area contributed by atoms with Gasteiger partial charge in [0.2, 0.25) is 0 Å². The molecule has 0 spiro atoms. The third kappa shape index (κ3) is 2.52. The van der Waals surface area contributed by atoms with E-state index in [1.165, 1.54) is 22.4 Å².